The van der Waals surface area contributed by atoms with E-state index in [2.05, 4.69) is 217 Å². The summed E-state index contributed by atoms with van der Waals surface area (Å²) in [5, 5.41) is 7.15. The summed E-state index contributed by atoms with van der Waals surface area (Å²) in [6.45, 7) is 0. The van der Waals surface area contributed by atoms with Crippen LogP contribution in [0.3, 0.4) is 0 Å². The minimum atomic E-state index is 0.897. The molecule has 0 amide bonds. The Morgan fingerprint density at radius 1 is 0.310 bits per heavy atom. The van der Waals surface area contributed by atoms with Crippen LogP contribution in [0.15, 0.2) is 229 Å². The van der Waals surface area contributed by atoms with Crippen LogP contribution in [-0.2, 0) is 0 Å². The molecule has 0 spiro atoms. The second-order valence-electron chi connectivity index (χ2n) is 14.9. The Bertz CT molecular complexity index is 3270. The molecule has 0 atom stereocenters. The minimum Gasteiger partial charge on any atom is -0.456 e. The van der Waals surface area contributed by atoms with E-state index in [9.17, 15) is 0 Å². The van der Waals surface area contributed by atoms with Gasteiger partial charge in [-0.3, -0.25) is 0 Å². The van der Waals surface area contributed by atoms with Crippen molar-refractivity contribution < 1.29 is 4.42 Å². The van der Waals surface area contributed by atoms with Crippen LogP contribution in [0.1, 0.15) is 0 Å². The van der Waals surface area contributed by atoms with Crippen molar-refractivity contribution in [1.29, 1.82) is 0 Å². The van der Waals surface area contributed by atoms with Gasteiger partial charge in [0.1, 0.15) is 11.2 Å². The fourth-order valence-corrected chi connectivity index (χ4v) is 8.64. The lowest BCUT2D eigenvalue weighted by Crippen LogP contribution is -2.11. The average molecular weight is 740 g/mol. The van der Waals surface area contributed by atoms with Crippen LogP contribution < -0.4 is 4.90 Å². The Morgan fingerprint density at radius 2 is 0.828 bits per heavy atom. The Hall–Kier alpha value is -7.68. The lowest BCUT2D eigenvalue weighted by atomic mass is 9.90. The quantitative estimate of drug-likeness (QED) is 0.162. The smallest absolute Gasteiger partial charge is 0.136 e. The Balaban J connectivity index is 1.13. The monoisotopic (exact) mass is 739 g/mol. The molecule has 0 saturated heterocycles. The van der Waals surface area contributed by atoms with Crippen LogP contribution in [0.5, 0.6) is 0 Å². The molecule has 10 aromatic carbocycles. The van der Waals surface area contributed by atoms with Gasteiger partial charge in [0.2, 0.25) is 0 Å². The van der Waals surface area contributed by atoms with Gasteiger partial charge in [-0.2, -0.15) is 0 Å². The Labute approximate surface area is 337 Å². The first-order chi connectivity index (χ1) is 28.7. The third kappa shape index (κ3) is 5.91. The number of nitrogens with zero attached hydrogens (tertiary/aromatic N) is 1. The third-order valence-corrected chi connectivity index (χ3v) is 11.5. The average Bonchev–Trinajstić information content (AvgIpc) is 3.69. The first-order valence-electron chi connectivity index (χ1n) is 19.8. The summed E-state index contributed by atoms with van der Waals surface area (Å²) in [6, 6.07) is 80.9. The van der Waals surface area contributed by atoms with Gasteiger partial charge in [0.15, 0.2) is 0 Å². The van der Waals surface area contributed by atoms with Crippen molar-refractivity contribution in [2.45, 2.75) is 0 Å². The lowest BCUT2D eigenvalue weighted by molar-refractivity contribution is 0.669. The number of hydrogen-bond donors (Lipinski definition) is 0. The van der Waals surface area contributed by atoms with Gasteiger partial charge >= 0.3 is 0 Å². The predicted molar refractivity (Wildman–Crippen MR) is 245 cm³/mol. The van der Waals surface area contributed by atoms with Crippen LogP contribution in [0, 0.1) is 0 Å². The molecule has 0 bridgehead atoms. The van der Waals surface area contributed by atoms with E-state index in [-0.39, 0.29) is 0 Å². The van der Waals surface area contributed by atoms with E-state index in [0.717, 1.165) is 50.1 Å². The highest BCUT2D eigenvalue weighted by Gasteiger charge is 2.22. The first-order valence-corrected chi connectivity index (χ1v) is 19.8. The molecule has 0 N–H and O–H groups in total. The Morgan fingerprint density at radius 3 is 1.55 bits per heavy atom. The summed E-state index contributed by atoms with van der Waals surface area (Å²) in [7, 11) is 0. The molecule has 0 aliphatic heterocycles. The minimum absolute atomic E-state index is 0.897. The topological polar surface area (TPSA) is 16.4 Å². The van der Waals surface area contributed by atoms with Crippen LogP contribution >= 0.6 is 0 Å². The van der Waals surface area contributed by atoms with Gasteiger partial charge in [-0.25, -0.2) is 0 Å². The summed E-state index contributed by atoms with van der Waals surface area (Å²) in [5.74, 6) is 0. The molecule has 0 saturated carbocycles. The van der Waals surface area contributed by atoms with Gasteiger partial charge in [-0.05, 0) is 115 Å². The number of fused-ring (bicyclic) bond motifs is 5. The van der Waals surface area contributed by atoms with E-state index in [1.807, 2.05) is 12.1 Å². The lowest BCUT2D eigenvalue weighted by Gasteiger charge is -2.29. The third-order valence-electron chi connectivity index (χ3n) is 11.5. The highest BCUT2D eigenvalue weighted by atomic mass is 16.3. The highest BCUT2D eigenvalue weighted by Crippen LogP contribution is 2.47. The molecular weight excluding hydrogens is 703 g/mol. The molecule has 11 aromatic rings. The highest BCUT2D eigenvalue weighted by molar-refractivity contribution is 6.12. The largest absolute Gasteiger partial charge is 0.456 e. The van der Waals surface area contributed by atoms with Crippen molar-refractivity contribution in [3.05, 3.63) is 224 Å². The molecule has 272 valence electrons. The summed E-state index contributed by atoms with van der Waals surface area (Å²) < 4.78 is 6.28. The zero-order chi connectivity index (χ0) is 38.4. The molecule has 0 radical (unpaired) electrons. The molecule has 0 unspecified atom stereocenters. The van der Waals surface area contributed by atoms with Crippen LogP contribution in [-0.4, -0.2) is 0 Å². The van der Waals surface area contributed by atoms with E-state index in [1.165, 1.54) is 54.9 Å². The van der Waals surface area contributed by atoms with Crippen molar-refractivity contribution in [2.24, 2.45) is 0 Å². The maximum Gasteiger partial charge on any atom is 0.136 e. The van der Waals surface area contributed by atoms with E-state index >= 15 is 0 Å². The maximum atomic E-state index is 6.28. The van der Waals surface area contributed by atoms with E-state index < -0.39 is 0 Å². The van der Waals surface area contributed by atoms with Gasteiger partial charge < -0.3 is 9.32 Å². The van der Waals surface area contributed by atoms with Crippen molar-refractivity contribution >= 4 is 60.5 Å². The second-order valence-corrected chi connectivity index (χ2v) is 14.9. The van der Waals surface area contributed by atoms with Crippen molar-refractivity contribution in [1.82, 2.24) is 0 Å². The number of rotatable bonds is 7. The van der Waals surface area contributed by atoms with E-state index in [1.54, 1.807) is 0 Å². The normalized spacial score (nSPS) is 11.4. The number of furan rings is 1. The van der Waals surface area contributed by atoms with Gasteiger partial charge in [-0.1, -0.05) is 170 Å². The summed E-state index contributed by atoms with van der Waals surface area (Å²) in [6.07, 6.45) is 0. The standard InChI is InChI=1S/C56H37NO/c1-2-12-38(13-3-1)41-28-32-47(33-29-41)57(48-34-30-42(31-35-48)49-20-11-23-54-56(49)51-18-8-9-22-53(51)58-54)52-21-10-19-50(45-26-24-39-14-4-6-16-43(39)36-45)55(52)46-27-25-40-15-5-7-17-44(40)37-46/h1-37H. The van der Waals surface area contributed by atoms with Crippen LogP contribution in [0.4, 0.5) is 17.1 Å². The first kappa shape index (κ1) is 33.6. The van der Waals surface area contributed by atoms with E-state index in [0.29, 0.717) is 0 Å². The van der Waals surface area contributed by atoms with Gasteiger partial charge in [0.05, 0.1) is 5.69 Å². The second kappa shape index (κ2) is 14.1. The fourth-order valence-electron chi connectivity index (χ4n) is 8.64. The number of benzene rings is 10. The Kier molecular flexibility index (Phi) is 8.19. The molecule has 2 heteroatoms. The van der Waals surface area contributed by atoms with E-state index in [4.69, 9.17) is 4.42 Å². The van der Waals surface area contributed by atoms with Gasteiger partial charge in [-0.15, -0.1) is 0 Å². The molecule has 0 fully saturated rings. The maximum absolute atomic E-state index is 6.28. The molecule has 0 aliphatic carbocycles. The summed E-state index contributed by atoms with van der Waals surface area (Å²) >= 11 is 0. The van der Waals surface area contributed by atoms with Crippen molar-refractivity contribution in [3.8, 4) is 44.5 Å². The molecular formula is C56H37NO. The van der Waals surface area contributed by atoms with Gasteiger partial charge in [0, 0.05) is 27.7 Å². The summed E-state index contributed by atoms with van der Waals surface area (Å²) in [5.41, 5.74) is 14.4. The van der Waals surface area contributed by atoms with Crippen LogP contribution in [0.25, 0.3) is 88.0 Å². The molecule has 1 aromatic heterocycles. The molecule has 58 heavy (non-hydrogen) atoms. The van der Waals surface area contributed by atoms with Crippen molar-refractivity contribution in [3.63, 3.8) is 0 Å². The zero-order valence-corrected chi connectivity index (χ0v) is 31.7. The fraction of sp³-hybridized carbons (Fsp3) is 0. The van der Waals surface area contributed by atoms with Gasteiger partial charge in [0.25, 0.3) is 0 Å². The molecule has 2 nitrogen and oxygen atoms in total. The summed E-state index contributed by atoms with van der Waals surface area (Å²) in [4.78, 5) is 2.42. The number of hydrogen-bond acceptors (Lipinski definition) is 2. The predicted octanol–water partition coefficient (Wildman–Crippen LogP) is 16.0. The van der Waals surface area contributed by atoms with Crippen molar-refractivity contribution in [2.75, 3.05) is 4.90 Å². The number of para-hydroxylation sites is 1. The zero-order valence-electron chi connectivity index (χ0n) is 31.7. The SMILES string of the molecule is c1ccc(-c2ccc(N(c3ccc(-c4cccc5oc6ccccc6c45)cc3)c3cccc(-c4ccc5ccccc5c4)c3-c3ccc4ccccc4c3)cc2)cc1. The molecule has 11 rings (SSSR count). The molecule has 1 heterocycles. The van der Waals surface area contributed by atoms with Crippen LogP contribution in [0.2, 0.25) is 0 Å². The number of anilines is 3. The molecule has 0 aliphatic rings.